The molecule has 1 aliphatic rings. The molecule has 0 bridgehead atoms. The van der Waals surface area contributed by atoms with Crippen molar-refractivity contribution in [3.8, 4) is 6.07 Å². The lowest BCUT2D eigenvalue weighted by atomic mass is 10.1. The zero-order chi connectivity index (χ0) is 13.3. The first-order valence-corrected chi connectivity index (χ1v) is 7.22. The van der Waals surface area contributed by atoms with Crippen LogP contribution in [0.2, 0.25) is 0 Å². The first-order valence-electron chi connectivity index (χ1n) is 7.22. The molecule has 1 saturated carbocycles. The van der Waals surface area contributed by atoms with E-state index in [1.807, 2.05) is 12.1 Å². The number of rotatable bonds is 5. The van der Waals surface area contributed by atoms with Gasteiger partial charge in [-0.1, -0.05) is 25.7 Å². The van der Waals surface area contributed by atoms with Crippen LogP contribution < -0.4 is 10.6 Å². The summed E-state index contributed by atoms with van der Waals surface area (Å²) in [5.74, 6) is 0. The molecule has 0 aliphatic heterocycles. The van der Waals surface area contributed by atoms with E-state index in [1.165, 1.54) is 38.5 Å². The van der Waals surface area contributed by atoms with Crippen molar-refractivity contribution in [1.29, 1.82) is 5.26 Å². The standard InChI is InChI=1S/C15H22N4/c16-11-14-7-8-15(12-19-14)18-10-9-17-13-5-3-1-2-4-6-13/h7-8,12-13,17-18H,1-6,9-10H2. The molecule has 4 heteroatoms. The number of aromatic nitrogens is 1. The fraction of sp³-hybridized carbons (Fsp3) is 0.600. The maximum Gasteiger partial charge on any atom is 0.140 e. The fourth-order valence-electron chi connectivity index (χ4n) is 2.53. The summed E-state index contributed by atoms with van der Waals surface area (Å²) in [5, 5.41) is 15.6. The Labute approximate surface area is 115 Å². The van der Waals surface area contributed by atoms with Crippen molar-refractivity contribution < 1.29 is 0 Å². The monoisotopic (exact) mass is 258 g/mol. The predicted molar refractivity (Wildman–Crippen MR) is 76.9 cm³/mol. The highest BCUT2D eigenvalue weighted by Gasteiger charge is 2.10. The van der Waals surface area contributed by atoms with Gasteiger partial charge in [0.15, 0.2) is 0 Å². The van der Waals surface area contributed by atoms with Crippen molar-refractivity contribution in [3.05, 3.63) is 24.0 Å². The van der Waals surface area contributed by atoms with Gasteiger partial charge in [0.05, 0.1) is 11.9 Å². The molecule has 2 rings (SSSR count). The number of nitriles is 1. The highest BCUT2D eigenvalue weighted by Crippen LogP contribution is 2.16. The third-order valence-electron chi connectivity index (χ3n) is 3.62. The third kappa shape index (κ3) is 4.88. The average molecular weight is 258 g/mol. The van der Waals surface area contributed by atoms with Crippen LogP contribution in [-0.4, -0.2) is 24.1 Å². The fourth-order valence-corrected chi connectivity index (χ4v) is 2.53. The molecule has 102 valence electrons. The molecule has 0 spiro atoms. The minimum Gasteiger partial charge on any atom is -0.383 e. The second-order valence-corrected chi connectivity index (χ2v) is 5.11. The van der Waals surface area contributed by atoms with Gasteiger partial charge in [0.1, 0.15) is 11.8 Å². The summed E-state index contributed by atoms with van der Waals surface area (Å²) in [4.78, 5) is 4.03. The molecule has 1 fully saturated rings. The van der Waals surface area contributed by atoms with Crippen LogP contribution in [0.4, 0.5) is 5.69 Å². The Morgan fingerprint density at radius 2 is 1.95 bits per heavy atom. The molecule has 4 nitrogen and oxygen atoms in total. The summed E-state index contributed by atoms with van der Waals surface area (Å²) in [6, 6.07) is 6.35. The first kappa shape index (κ1) is 13.8. The van der Waals surface area contributed by atoms with Gasteiger partial charge in [0.25, 0.3) is 0 Å². The molecule has 0 amide bonds. The molecule has 0 atom stereocenters. The van der Waals surface area contributed by atoms with Crippen LogP contribution in [0.25, 0.3) is 0 Å². The van der Waals surface area contributed by atoms with Gasteiger partial charge in [-0.2, -0.15) is 5.26 Å². The number of hydrogen-bond donors (Lipinski definition) is 2. The molecule has 0 unspecified atom stereocenters. The molecule has 0 aromatic carbocycles. The van der Waals surface area contributed by atoms with E-state index in [0.717, 1.165) is 18.8 Å². The molecule has 1 aromatic heterocycles. The van der Waals surface area contributed by atoms with Gasteiger partial charge in [0, 0.05) is 19.1 Å². The first-order chi connectivity index (χ1) is 9.38. The van der Waals surface area contributed by atoms with Crippen molar-refractivity contribution in [3.63, 3.8) is 0 Å². The van der Waals surface area contributed by atoms with Crippen LogP contribution in [0.3, 0.4) is 0 Å². The quantitative estimate of drug-likeness (QED) is 0.629. The number of anilines is 1. The Kier molecular flexibility index (Phi) is 5.64. The van der Waals surface area contributed by atoms with E-state index in [4.69, 9.17) is 5.26 Å². The lowest BCUT2D eigenvalue weighted by Crippen LogP contribution is -2.32. The van der Waals surface area contributed by atoms with Gasteiger partial charge >= 0.3 is 0 Å². The Morgan fingerprint density at radius 3 is 2.58 bits per heavy atom. The van der Waals surface area contributed by atoms with Crippen LogP contribution in [0.5, 0.6) is 0 Å². The van der Waals surface area contributed by atoms with Crippen LogP contribution in [-0.2, 0) is 0 Å². The largest absolute Gasteiger partial charge is 0.383 e. The summed E-state index contributed by atoms with van der Waals surface area (Å²) < 4.78 is 0. The minimum atomic E-state index is 0.460. The number of pyridine rings is 1. The number of nitrogens with one attached hydrogen (secondary N) is 2. The topological polar surface area (TPSA) is 60.7 Å². The van der Waals surface area contributed by atoms with Gasteiger partial charge in [-0.3, -0.25) is 0 Å². The van der Waals surface area contributed by atoms with Crippen molar-refractivity contribution in [2.24, 2.45) is 0 Å². The Hall–Kier alpha value is -1.60. The van der Waals surface area contributed by atoms with Crippen molar-refractivity contribution >= 4 is 5.69 Å². The minimum absolute atomic E-state index is 0.460. The summed E-state index contributed by atoms with van der Waals surface area (Å²) in [7, 11) is 0. The predicted octanol–water partition coefficient (Wildman–Crippen LogP) is 2.68. The third-order valence-corrected chi connectivity index (χ3v) is 3.62. The van der Waals surface area contributed by atoms with Crippen molar-refractivity contribution in [2.45, 2.75) is 44.6 Å². The van der Waals surface area contributed by atoms with Gasteiger partial charge < -0.3 is 10.6 Å². The zero-order valence-electron chi connectivity index (χ0n) is 11.4. The molecule has 1 aliphatic carbocycles. The van der Waals surface area contributed by atoms with E-state index in [0.29, 0.717) is 11.7 Å². The van der Waals surface area contributed by atoms with E-state index >= 15 is 0 Å². The second-order valence-electron chi connectivity index (χ2n) is 5.11. The molecule has 0 saturated heterocycles. The maximum atomic E-state index is 8.67. The van der Waals surface area contributed by atoms with Crippen molar-refractivity contribution in [1.82, 2.24) is 10.3 Å². The highest BCUT2D eigenvalue weighted by molar-refractivity contribution is 5.42. The second kappa shape index (κ2) is 7.75. The molecular formula is C15H22N4. The molecule has 1 aromatic rings. The smallest absolute Gasteiger partial charge is 0.140 e. The maximum absolute atomic E-state index is 8.67. The number of hydrogen-bond acceptors (Lipinski definition) is 4. The van der Waals surface area contributed by atoms with Crippen LogP contribution in [0, 0.1) is 11.3 Å². The Morgan fingerprint density at radius 1 is 1.16 bits per heavy atom. The zero-order valence-corrected chi connectivity index (χ0v) is 11.4. The van der Waals surface area contributed by atoms with E-state index in [9.17, 15) is 0 Å². The van der Waals surface area contributed by atoms with E-state index in [2.05, 4.69) is 15.6 Å². The SMILES string of the molecule is N#Cc1ccc(NCCNC2CCCCCC2)cn1. The van der Waals surface area contributed by atoms with Gasteiger partial charge in [0.2, 0.25) is 0 Å². The van der Waals surface area contributed by atoms with Crippen LogP contribution >= 0.6 is 0 Å². The molecule has 2 N–H and O–H groups in total. The summed E-state index contributed by atoms with van der Waals surface area (Å²) in [6.45, 7) is 1.87. The van der Waals surface area contributed by atoms with Crippen LogP contribution in [0.15, 0.2) is 18.3 Å². The molecular weight excluding hydrogens is 236 g/mol. The van der Waals surface area contributed by atoms with Gasteiger partial charge in [-0.25, -0.2) is 4.98 Å². The van der Waals surface area contributed by atoms with E-state index in [1.54, 1.807) is 12.3 Å². The van der Waals surface area contributed by atoms with Crippen LogP contribution in [0.1, 0.15) is 44.2 Å². The van der Waals surface area contributed by atoms with E-state index < -0.39 is 0 Å². The number of nitrogens with zero attached hydrogens (tertiary/aromatic N) is 2. The molecule has 0 radical (unpaired) electrons. The van der Waals surface area contributed by atoms with Gasteiger partial charge in [-0.05, 0) is 25.0 Å². The Bertz CT molecular complexity index is 399. The Balaban J connectivity index is 1.64. The van der Waals surface area contributed by atoms with Gasteiger partial charge in [-0.15, -0.1) is 0 Å². The average Bonchev–Trinajstić information content (AvgIpc) is 2.73. The summed E-state index contributed by atoms with van der Waals surface area (Å²) >= 11 is 0. The molecule has 1 heterocycles. The lowest BCUT2D eigenvalue weighted by Gasteiger charge is -2.16. The lowest BCUT2D eigenvalue weighted by molar-refractivity contribution is 0.468. The summed E-state index contributed by atoms with van der Waals surface area (Å²) in [5.41, 5.74) is 1.43. The van der Waals surface area contributed by atoms with Crippen molar-refractivity contribution in [2.75, 3.05) is 18.4 Å². The summed E-state index contributed by atoms with van der Waals surface area (Å²) in [6.07, 6.45) is 9.87. The van der Waals surface area contributed by atoms with E-state index in [-0.39, 0.29) is 0 Å². The molecule has 19 heavy (non-hydrogen) atoms. The normalized spacial score (nSPS) is 16.6. The highest BCUT2D eigenvalue weighted by atomic mass is 15.0.